The molecule has 2 aromatic rings. The molecule has 0 unspecified atom stereocenters. The van der Waals surface area contributed by atoms with E-state index in [2.05, 4.69) is 10.1 Å². The summed E-state index contributed by atoms with van der Waals surface area (Å²) in [5, 5.41) is 2.17. The molecule has 0 fully saturated rings. The number of carbonyl (C=O) groups is 1. The van der Waals surface area contributed by atoms with Gasteiger partial charge in [-0.25, -0.2) is 8.42 Å². The number of anilines is 1. The number of hydrogen-bond acceptors (Lipinski definition) is 4. The summed E-state index contributed by atoms with van der Waals surface area (Å²) in [6, 6.07) is 10.3. The van der Waals surface area contributed by atoms with E-state index in [1.165, 1.54) is 36.4 Å². The molecule has 0 saturated heterocycles. The average Bonchev–Trinajstić information content (AvgIpc) is 2.60. The second-order valence-electron chi connectivity index (χ2n) is 5.04. The summed E-state index contributed by atoms with van der Waals surface area (Å²) in [6.45, 7) is -3.06. The lowest BCUT2D eigenvalue weighted by Gasteiger charge is -2.10. The molecule has 0 aliphatic rings. The number of rotatable bonds is 7. The topological polar surface area (TPSA) is 72.5 Å². The highest BCUT2D eigenvalue weighted by Crippen LogP contribution is 2.26. The Balaban J connectivity index is 2.22. The number of benzene rings is 2. The van der Waals surface area contributed by atoms with Gasteiger partial charge in [-0.1, -0.05) is 30.3 Å². The van der Waals surface area contributed by atoms with Crippen molar-refractivity contribution < 1.29 is 35.5 Å². The summed E-state index contributed by atoms with van der Waals surface area (Å²) >= 11 is 0. The van der Waals surface area contributed by atoms with E-state index < -0.39 is 33.0 Å². The standard InChI is InChI=1S/C17H13F4NO4S/c18-16(19)26-13-7-3-1-5-11(13)9-10-15(23)22-12-6-2-4-8-14(12)27(24,25)17(20)21/h1-10,16-17H,(H,22,23)/b10-9+. The van der Waals surface area contributed by atoms with Gasteiger partial charge >= 0.3 is 12.4 Å². The van der Waals surface area contributed by atoms with Crippen molar-refractivity contribution >= 4 is 27.5 Å². The smallest absolute Gasteiger partial charge is 0.387 e. The first-order valence-electron chi connectivity index (χ1n) is 7.36. The van der Waals surface area contributed by atoms with E-state index in [-0.39, 0.29) is 17.0 Å². The molecule has 2 rings (SSSR count). The maximum Gasteiger partial charge on any atom is 0.387 e. The van der Waals surface area contributed by atoms with Crippen molar-refractivity contribution in [1.82, 2.24) is 0 Å². The number of carbonyl (C=O) groups excluding carboxylic acids is 1. The van der Waals surface area contributed by atoms with Crippen LogP contribution < -0.4 is 10.1 Å². The van der Waals surface area contributed by atoms with Gasteiger partial charge in [-0.15, -0.1) is 0 Å². The van der Waals surface area contributed by atoms with E-state index in [0.717, 1.165) is 24.3 Å². The monoisotopic (exact) mass is 403 g/mol. The fraction of sp³-hybridized carbons (Fsp3) is 0.118. The van der Waals surface area contributed by atoms with Crippen LogP contribution in [0.1, 0.15) is 5.56 Å². The summed E-state index contributed by atoms with van der Waals surface area (Å²) in [5.41, 5.74) is -0.161. The number of alkyl halides is 4. The zero-order chi connectivity index (χ0) is 20.0. The van der Waals surface area contributed by atoms with Crippen molar-refractivity contribution in [3.63, 3.8) is 0 Å². The average molecular weight is 403 g/mol. The number of ether oxygens (including phenoxy) is 1. The highest BCUT2D eigenvalue weighted by atomic mass is 32.2. The van der Waals surface area contributed by atoms with Crippen LogP contribution in [-0.2, 0) is 14.6 Å². The van der Waals surface area contributed by atoms with Crippen LogP contribution in [0.25, 0.3) is 6.08 Å². The van der Waals surface area contributed by atoms with Gasteiger partial charge < -0.3 is 10.1 Å². The van der Waals surface area contributed by atoms with Crippen molar-refractivity contribution in [1.29, 1.82) is 0 Å². The van der Waals surface area contributed by atoms with Gasteiger partial charge in [0, 0.05) is 11.6 Å². The fourth-order valence-corrected chi connectivity index (χ4v) is 2.96. The van der Waals surface area contributed by atoms with Gasteiger partial charge in [0.05, 0.1) is 10.6 Å². The molecule has 1 N–H and O–H groups in total. The Bertz CT molecular complexity index is 945. The molecule has 5 nitrogen and oxygen atoms in total. The summed E-state index contributed by atoms with van der Waals surface area (Å²) in [7, 11) is -4.92. The van der Waals surface area contributed by atoms with Crippen LogP contribution in [0.4, 0.5) is 23.2 Å². The fourth-order valence-electron chi connectivity index (χ4n) is 2.08. The maximum absolute atomic E-state index is 12.7. The third-order valence-electron chi connectivity index (χ3n) is 3.24. The van der Waals surface area contributed by atoms with Crippen LogP contribution in [0.15, 0.2) is 59.5 Å². The van der Waals surface area contributed by atoms with Gasteiger partial charge in [0.2, 0.25) is 15.7 Å². The molecule has 0 spiro atoms. The van der Waals surface area contributed by atoms with E-state index in [1.807, 2.05) is 0 Å². The van der Waals surface area contributed by atoms with Gasteiger partial charge in [0.25, 0.3) is 0 Å². The number of amides is 1. The SMILES string of the molecule is O=C(/C=C/c1ccccc1OC(F)F)Nc1ccccc1S(=O)(=O)C(F)F. The summed E-state index contributed by atoms with van der Waals surface area (Å²) in [6.07, 6.45) is 2.09. The Hall–Kier alpha value is -2.88. The van der Waals surface area contributed by atoms with Gasteiger partial charge in [0.15, 0.2) is 0 Å². The lowest BCUT2D eigenvalue weighted by molar-refractivity contribution is -0.111. The molecule has 0 atom stereocenters. The Morgan fingerprint density at radius 3 is 2.30 bits per heavy atom. The quantitative estimate of drug-likeness (QED) is 0.562. The van der Waals surface area contributed by atoms with Crippen molar-refractivity contribution in [2.45, 2.75) is 17.3 Å². The van der Waals surface area contributed by atoms with E-state index in [1.54, 1.807) is 0 Å². The zero-order valence-corrected chi connectivity index (χ0v) is 14.3. The molecule has 0 bridgehead atoms. The predicted octanol–water partition coefficient (Wildman–Crippen LogP) is 3.94. The number of sulfone groups is 1. The van der Waals surface area contributed by atoms with E-state index in [4.69, 9.17) is 0 Å². The predicted molar refractivity (Wildman–Crippen MR) is 90.4 cm³/mol. The lowest BCUT2D eigenvalue weighted by atomic mass is 10.2. The Labute approximate surface area is 152 Å². The maximum atomic E-state index is 12.7. The summed E-state index contributed by atoms with van der Waals surface area (Å²) < 4.78 is 77.8. The first-order valence-corrected chi connectivity index (χ1v) is 8.90. The highest BCUT2D eigenvalue weighted by molar-refractivity contribution is 7.91. The Morgan fingerprint density at radius 2 is 1.63 bits per heavy atom. The van der Waals surface area contributed by atoms with Crippen LogP contribution in [0, 0.1) is 0 Å². The summed E-state index contributed by atoms with van der Waals surface area (Å²) in [5.74, 6) is -4.67. The lowest BCUT2D eigenvalue weighted by Crippen LogP contribution is -2.16. The van der Waals surface area contributed by atoms with E-state index in [0.29, 0.717) is 0 Å². The van der Waals surface area contributed by atoms with Crippen LogP contribution in [0.2, 0.25) is 0 Å². The van der Waals surface area contributed by atoms with Crippen LogP contribution in [-0.4, -0.2) is 26.7 Å². The Morgan fingerprint density at radius 1 is 1.00 bits per heavy atom. The van der Waals surface area contributed by atoms with Crippen LogP contribution in [0.5, 0.6) is 5.75 Å². The third-order valence-corrected chi connectivity index (χ3v) is 4.67. The van der Waals surface area contributed by atoms with Gasteiger partial charge in [-0.05, 0) is 24.3 Å². The van der Waals surface area contributed by atoms with Crippen LogP contribution in [0.3, 0.4) is 0 Å². The van der Waals surface area contributed by atoms with E-state index >= 15 is 0 Å². The largest absolute Gasteiger partial charge is 0.434 e. The van der Waals surface area contributed by atoms with Crippen molar-refractivity contribution in [3.8, 4) is 5.75 Å². The second kappa shape index (κ2) is 8.67. The van der Waals surface area contributed by atoms with Crippen LogP contribution >= 0.6 is 0 Å². The first-order chi connectivity index (χ1) is 12.7. The normalized spacial score (nSPS) is 11.9. The zero-order valence-electron chi connectivity index (χ0n) is 13.5. The highest BCUT2D eigenvalue weighted by Gasteiger charge is 2.29. The van der Waals surface area contributed by atoms with Gasteiger partial charge in [-0.2, -0.15) is 17.6 Å². The molecule has 0 aliphatic carbocycles. The molecule has 0 heterocycles. The molecule has 10 heteroatoms. The van der Waals surface area contributed by atoms with Crippen molar-refractivity contribution in [2.24, 2.45) is 0 Å². The number of halogens is 4. The summed E-state index contributed by atoms with van der Waals surface area (Å²) in [4.78, 5) is 11.3. The molecule has 144 valence electrons. The van der Waals surface area contributed by atoms with Crippen molar-refractivity contribution in [2.75, 3.05) is 5.32 Å². The first kappa shape index (κ1) is 20.4. The minimum absolute atomic E-state index is 0.168. The second-order valence-corrected chi connectivity index (χ2v) is 6.93. The number of hydrogen-bond donors (Lipinski definition) is 1. The molecule has 2 aromatic carbocycles. The molecule has 27 heavy (non-hydrogen) atoms. The van der Waals surface area contributed by atoms with Crippen molar-refractivity contribution in [3.05, 3.63) is 60.2 Å². The molecular weight excluding hydrogens is 390 g/mol. The number of nitrogens with one attached hydrogen (secondary N) is 1. The molecular formula is C17H13F4NO4S. The minimum atomic E-state index is -4.92. The number of para-hydroxylation sites is 2. The third kappa shape index (κ3) is 5.30. The molecule has 0 saturated carbocycles. The molecule has 1 amide bonds. The van der Waals surface area contributed by atoms with E-state index in [9.17, 15) is 30.8 Å². The van der Waals surface area contributed by atoms with Gasteiger partial charge in [-0.3, -0.25) is 4.79 Å². The Kier molecular flexibility index (Phi) is 6.56. The molecule has 0 aromatic heterocycles. The van der Waals surface area contributed by atoms with Gasteiger partial charge in [0.1, 0.15) is 5.75 Å². The molecule has 0 aliphatic heterocycles. The molecule has 0 radical (unpaired) electrons. The minimum Gasteiger partial charge on any atom is -0.434 e.